The number of benzene rings is 1. The van der Waals surface area contributed by atoms with Gasteiger partial charge in [-0.05, 0) is 29.3 Å². The number of carbonyl (C=O) groups is 1. The minimum Gasteiger partial charge on any atom is -0.768 e. The quantitative estimate of drug-likeness (QED) is 0.385. The van der Waals surface area contributed by atoms with Crippen molar-refractivity contribution in [3.63, 3.8) is 0 Å². The van der Waals surface area contributed by atoms with Crippen molar-refractivity contribution in [1.29, 1.82) is 0 Å². The fraction of sp³-hybridized carbons (Fsp3) is 0. The summed E-state index contributed by atoms with van der Waals surface area (Å²) in [5, 5.41) is 10.2. The zero-order valence-corrected chi connectivity index (χ0v) is 13.0. The van der Waals surface area contributed by atoms with Crippen LogP contribution >= 0.6 is 0 Å². The van der Waals surface area contributed by atoms with Gasteiger partial charge >= 0.3 is 59.1 Å². The summed E-state index contributed by atoms with van der Waals surface area (Å²) in [6.45, 7) is 0. The van der Waals surface area contributed by atoms with Gasteiger partial charge in [0, 0.05) is 10.5 Å². The number of carbonyl (C=O) groups excluding carboxylic acids is 1. The van der Waals surface area contributed by atoms with Crippen LogP contribution in [0.3, 0.4) is 0 Å². The normalized spacial score (nSPS) is 10.8. The summed E-state index contributed by atoms with van der Waals surface area (Å²) in [6.07, 6.45) is 0. The monoisotopic (exact) mass is 248 g/mol. The molecule has 1 unspecified atom stereocenters. The van der Waals surface area contributed by atoms with Gasteiger partial charge in [0.15, 0.2) is 0 Å². The summed E-state index contributed by atoms with van der Waals surface area (Å²) >= 11 is -2.65. The van der Waals surface area contributed by atoms with E-state index in [1.165, 1.54) is 0 Å². The minimum absolute atomic E-state index is 0. The number of hydrogen-bond donors (Lipinski definition) is 0. The molecule has 0 saturated carbocycles. The van der Waals surface area contributed by atoms with E-state index in [9.17, 15) is 23.1 Å². The first-order chi connectivity index (χ1) is 6.00. The van der Waals surface area contributed by atoms with Crippen LogP contribution in [0.1, 0.15) is 10.4 Å². The standard InChI is InChI=1S/C7H5FO4S.2Na/c8-5-1-4(7(9)10)2-6(3-5)13(11)12;;/h1-3H,(H,9,10)(H,11,12);;/q;2*+1/p-2. The summed E-state index contributed by atoms with van der Waals surface area (Å²) in [5.74, 6) is -2.55. The average molecular weight is 248 g/mol. The minimum atomic E-state index is -2.65. The fourth-order valence-corrected chi connectivity index (χ4v) is 1.21. The molecule has 0 fully saturated rings. The maximum Gasteiger partial charge on any atom is 1.00 e. The Kier molecular flexibility index (Phi) is 9.55. The Hall–Kier alpha value is 0.730. The number of halogens is 1. The third-order valence-electron chi connectivity index (χ3n) is 1.30. The molecule has 0 aromatic heterocycles. The number of aromatic carboxylic acids is 1. The van der Waals surface area contributed by atoms with Crippen LogP contribution in [0.15, 0.2) is 23.1 Å². The van der Waals surface area contributed by atoms with Gasteiger partial charge in [0.05, 0.1) is 5.97 Å². The van der Waals surface area contributed by atoms with Crippen LogP contribution in [0.5, 0.6) is 0 Å². The number of carboxylic acid groups (broad SMARTS) is 1. The molecule has 0 heterocycles. The molecule has 1 aromatic rings. The number of hydrogen-bond acceptors (Lipinski definition) is 4. The van der Waals surface area contributed by atoms with Crippen LogP contribution in [0.2, 0.25) is 0 Å². The maximum absolute atomic E-state index is 12.6. The summed E-state index contributed by atoms with van der Waals surface area (Å²) < 4.78 is 33.3. The molecule has 0 saturated heterocycles. The van der Waals surface area contributed by atoms with Gasteiger partial charge in [-0.15, -0.1) is 0 Å². The zero-order valence-electron chi connectivity index (χ0n) is 8.15. The molecule has 0 aliphatic heterocycles. The predicted molar refractivity (Wildman–Crippen MR) is 37.9 cm³/mol. The third kappa shape index (κ3) is 5.55. The average Bonchev–Trinajstić information content (AvgIpc) is 2.03. The van der Waals surface area contributed by atoms with Gasteiger partial charge in [-0.3, -0.25) is 4.21 Å². The van der Waals surface area contributed by atoms with Crippen molar-refractivity contribution in [3.8, 4) is 0 Å². The Bertz CT molecular complexity index is 353. The molecule has 0 N–H and O–H groups in total. The second kappa shape index (κ2) is 7.92. The van der Waals surface area contributed by atoms with Crippen molar-refractivity contribution in [2.75, 3.05) is 0 Å². The molecule has 0 spiro atoms. The van der Waals surface area contributed by atoms with Crippen LogP contribution in [0, 0.1) is 5.82 Å². The second-order valence-corrected chi connectivity index (χ2v) is 3.14. The molecule has 0 radical (unpaired) electrons. The largest absolute Gasteiger partial charge is 1.00 e. The molecular formula is C7H3FNa2O4S. The van der Waals surface area contributed by atoms with E-state index in [0.717, 1.165) is 12.1 Å². The van der Waals surface area contributed by atoms with E-state index in [1.807, 2.05) is 0 Å². The first-order valence-electron chi connectivity index (χ1n) is 3.12. The Morgan fingerprint density at radius 1 is 1.27 bits per heavy atom. The van der Waals surface area contributed by atoms with Crippen molar-refractivity contribution in [2.45, 2.75) is 4.90 Å². The van der Waals surface area contributed by atoms with Gasteiger partial charge in [-0.2, -0.15) is 0 Å². The summed E-state index contributed by atoms with van der Waals surface area (Å²) in [7, 11) is 0. The van der Waals surface area contributed by atoms with E-state index in [0.29, 0.717) is 6.07 Å². The molecule has 1 aromatic carbocycles. The SMILES string of the molecule is O=C([O-])c1cc(F)cc(S(=O)[O-])c1.[Na+].[Na+]. The van der Waals surface area contributed by atoms with Crippen molar-refractivity contribution in [1.82, 2.24) is 0 Å². The Labute approximate surface area is 132 Å². The molecule has 15 heavy (non-hydrogen) atoms. The van der Waals surface area contributed by atoms with E-state index in [-0.39, 0.29) is 59.1 Å². The Morgan fingerprint density at radius 3 is 2.20 bits per heavy atom. The first kappa shape index (κ1) is 18.1. The van der Waals surface area contributed by atoms with E-state index in [4.69, 9.17) is 0 Å². The summed E-state index contributed by atoms with van der Waals surface area (Å²) in [6, 6.07) is 2.22. The van der Waals surface area contributed by atoms with Crippen LogP contribution in [-0.2, 0) is 11.1 Å². The fourth-order valence-electron chi connectivity index (χ4n) is 0.777. The molecular weight excluding hydrogens is 245 g/mol. The molecule has 70 valence electrons. The number of rotatable bonds is 2. The van der Waals surface area contributed by atoms with E-state index >= 15 is 0 Å². The van der Waals surface area contributed by atoms with E-state index in [2.05, 4.69) is 0 Å². The van der Waals surface area contributed by atoms with E-state index in [1.54, 1.807) is 0 Å². The zero-order chi connectivity index (χ0) is 10.0. The van der Waals surface area contributed by atoms with Crippen molar-refractivity contribution in [2.24, 2.45) is 0 Å². The van der Waals surface area contributed by atoms with Gasteiger partial charge < -0.3 is 14.5 Å². The van der Waals surface area contributed by atoms with Crippen LogP contribution < -0.4 is 64.2 Å². The van der Waals surface area contributed by atoms with Crippen LogP contribution in [0.4, 0.5) is 4.39 Å². The molecule has 4 nitrogen and oxygen atoms in total. The van der Waals surface area contributed by atoms with Gasteiger partial charge in [0.25, 0.3) is 0 Å². The maximum atomic E-state index is 12.6. The van der Waals surface area contributed by atoms with Crippen molar-refractivity contribution >= 4 is 17.0 Å². The first-order valence-corrected chi connectivity index (χ1v) is 4.19. The second-order valence-electron chi connectivity index (χ2n) is 2.20. The Morgan fingerprint density at radius 2 is 1.80 bits per heavy atom. The molecule has 0 bridgehead atoms. The molecule has 1 rings (SSSR count). The molecule has 0 aliphatic rings. The van der Waals surface area contributed by atoms with Crippen LogP contribution in [0.25, 0.3) is 0 Å². The third-order valence-corrected chi connectivity index (χ3v) is 1.92. The van der Waals surface area contributed by atoms with Gasteiger partial charge in [0.2, 0.25) is 0 Å². The summed E-state index contributed by atoms with van der Waals surface area (Å²) in [5.41, 5.74) is -0.501. The van der Waals surface area contributed by atoms with Gasteiger partial charge in [0.1, 0.15) is 5.82 Å². The molecule has 8 heteroatoms. The molecule has 0 amide bonds. The van der Waals surface area contributed by atoms with Crippen LogP contribution in [-0.4, -0.2) is 14.7 Å². The summed E-state index contributed by atoms with van der Waals surface area (Å²) in [4.78, 5) is 9.83. The number of carboxylic acids is 1. The van der Waals surface area contributed by atoms with Crippen molar-refractivity contribution in [3.05, 3.63) is 29.6 Å². The Balaban J connectivity index is 0. The molecule has 1 atom stereocenters. The van der Waals surface area contributed by atoms with Gasteiger partial charge in [-0.25, -0.2) is 4.39 Å². The van der Waals surface area contributed by atoms with Gasteiger partial charge in [-0.1, -0.05) is 0 Å². The molecule has 0 aliphatic carbocycles. The predicted octanol–water partition coefficient (Wildman–Crippen LogP) is -6.56. The van der Waals surface area contributed by atoms with E-state index < -0.39 is 33.3 Å². The van der Waals surface area contributed by atoms with Crippen molar-refractivity contribution < 1.29 is 82.2 Å². The smallest absolute Gasteiger partial charge is 0.768 e. The topological polar surface area (TPSA) is 80.3 Å².